The van der Waals surface area contributed by atoms with Gasteiger partial charge in [-0.15, -0.1) is 0 Å². The molecule has 6 nitrogen and oxygen atoms in total. The van der Waals surface area contributed by atoms with E-state index in [-0.39, 0.29) is 5.91 Å². The van der Waals surface area contributed by atoms with E-state index >= 15 is 0 Å². The van der Waals surface area contributed by atoms with Crippen molar-refractivity contribution in [2.45, 2.75) is 46.0 Å². The average Bonchev–Trinajstić information content (AvgIpc) is 2.62. The quantitative estimate of drug-likeness (QED) is 0.681. The molecule has 1 aromatic rings. The van der Waals surface area contributed by atoms with Crippen LogP contribution < -0.4 is 9.62 Å². The maximum absolute atomic E-state index is 12.2. The summed E-state index contributed by atoms with van der Waals surface area (Å²) in [7, 11) is -1.24. The van der Waals surface area contributed by atoms with E-state index in [1.54, 1.807) is 0 Å². The Kier molecular flexibility index (Phi) is 8.31. The molecular weight excluding hydrogens is 374 g/mol. The number of amides is 1. The van der Waals surface area contributed by atoms with E-state index in [1.807, 2.05) is 32.0 Å². The highest BCUT2D eigenvalue weighted by Gasteiger charge is 2.19. The van der Waals surface area contributed by atoms with Crippen LogP contribution in [-0.2, 0) is 14.8 Å². The molecule has 1 aliphatic rings. The summed E-state index contributed by atoms with van der Waals surface area (Å²) in [5.41, 5.74) is 2.84. The molecule has 1 aliphatic heterocycles. The number of carbonyl (C=O) groups excluding carboxylic acids is 1. The van der Waals surface area contributed by atoms with Crippen LogP contribution in [0, 0.1) is 19.8 Å². The van der Waals surface area contributed by atoms with Crippen LogP contribution in [0.1, 0.15) is 43.2 Å². The highest BCUT2D eigenvalue weighted by atomic mass is 32.2. The Morgan fingerprint density at radius 2 is 1.89 bits per heavy atom. The Bertz CT molecular complexity index is 756. The number of piperidine rings is 1. The lowest BCUT2D eigenvalue weighted by Gasteiger charge is -2.28. The molecule has 0 spiro atoms. The molecule has 7 heteroatoms. The highest BCUT2D eigenvalue weighted by Crippen LogP contribution is 2.22. The van der Waals surface area contributed by atoms with Gasteiger partial charge in [-0.05, 0) is 88.8 Å². The number of aryl methyl sites for hydroxylation is 2. The zero-order valence-electron chi connectivity index (χ0n) is 17.7. The smallest absolute Gasteiger partial charge is 0.232 e. The van der Waals surface area contributed by atoms with Gasteiger partial charge in [0.2, 0.25) is 15.9 Å². The third-order valence-corrected chi connectivity index (χ3v) is 6.85. The van der Waals surface area contributed by atoms with Gasteiger partial charge in [-0.3, -0.25) is 9.10 Å². The third-order valence-electron chi connectivity index (χ3n) is 5.66. The predicted octanol–water partition coefficient (Wildman–Crippen LogP) is 2.70. The van der Waals surface area contributed by atoms with Crippen molar-refractivity contribution < 1.29 is 13.2 Å². The largest absolute Gasteiger partial charge is 0.356 e. The molecule has 0 bridgehead atoms. The van der Waals surface area contributed by atoms with Crippen LogP contribution in [0.2, 0.25) is 0 Å². The lowest BCUT2D eigenvalue weighted by Crippen LogP contribution is -2.33. The summed E-state index contributed by atoms with van der Waals surface area (Å²) in [4.78, 5) is 14.5. The number of sulfonamides is 1. The first kappa shape index (κ1) is 22.7. The second kappa shape index (κ2) is 10.3. The molecule has 0 aliphatic carbocycles. The van der Waals surface area contributed by atoms with Crippen molar-refractivity contribution >= 4 is 21.6 Å². The molecule has 1 fully saturated rings. The highest BCUT2D eigenvalue weighted by molar-refractivity contribution is 7.92. The molecule has 0 saturated carbocycles. The SMILES string of the molecule is Cc1ccc(N(CCCC(=O)NCCC2CCN(C)CC2)S(C)(=O)=O)cc1C. The van der Waals surface area contributed by atoms with Gasteiger partial charge in [-0.2, -0.15) is 0 Å². The molecule has 158 valence electrons. The topological polar surface area (TPSA) is 69.7 Å². The number of carbonyl (C=O) groups is 1. The fraction of sp³-hybridized carbons (Fsp3) is 0.667. The van der Waals surface area contributed by atoms with Gasteiger partial charge in [0.15, 0.2) is 0 Å². The van der Waals surface area contributed by atoms with Crippen LogP contribution in [0.4, 0.5) is 5.69 Å². The molecule has 1 N–H and O–H groups in total. The van der Waals surface area contributed by atoms with Crippen molar-refractivity contribution in [2.75, 3.05) is 43.8 Å². The number of hydrogen-bond acceptors (Lipinski definition) is 4. The number of hydrogen-bond donors (Lipinski definition) is 1. The molecule has 1 heterocycles. The van der Waals surface area contributed by atoms with Crippen molar-refractivity contribution in [1.82, 2.24) is 10.2 Å². The van der Waals surface area contributed by atoms with Crippen molar-refractivity contribution in [3.8, 4) is 0 Å². The van der Waals surface area contributed by atoms with Gasteiger partial charge in [-0.1, -0.05) is 6.07 Å². The van der Waals surface area contributed by atoms with Crippen molar-refractivity contribution in [2.24, 2.45) is 5.92 Å². The number of rotatable bonds is 9. The summed E-state index contributed by atoms with van der Waals surface area (Å²) in [6.07, 6.45) is 5.48. The molecule has 1 amide bonds. The first-order chi connectivity index (χ1) is 13.2. The Morgan fingerprint density at radius 3 is 2.50 bits per heavy atom. The molecule has 0 unspecified atom stereocenters. The fourth-order valence-electron chi connectivity index (χ4n) is 3.61. The Balaban J connectivity index is 1.77. The van der Waals surface area contributed by atoms with Crippen LogP contribution in [0.3, 0.4) is 0 Å². The van der Waals surface area contributed by atoms with Crippen LogP contribution in [-0.4, -0.2) is 58.7 Å². The molecule has 0 atom stereocenters. The second-order valence-corrected chi connectivity index (χ2v) is 10.00. The number of likely N-dealkylation sites (tertiary alicyclic amines) is 1. The minimum absolute atomic E-state index is 0.00136. The monoisotopic (exact) mass is 409 g/mol. The van der Waals surface area contributed by atoms with Gasteiger partial charge < -0.3 is 10.2 Å². The number of nitrogens with one attached hydrogen (secondary N) is 1. The summed E-state index contributed by atoms with van der Waals surface area (Å²) in [5.74, 6) is 0.698. The van der Waals surface area contributed by atoms with Crippen LogP contribution in [0.15, 0.2) is 18.2 Å². The molecular formula is C21H35N3O3S. The summed E-state index contributed by atoms with van der Waals surface area (Å²) < 4.78 is 25.8. The normalized spacial score (nSPS) is 16.1. The van der Waals surface area contributed by atoms with E-state index in [1.165, 1.54) is 23.4 Å². The van der Waals surface area contributed by atoms with E-state index in [2.05, 4.69) is 17.3 Å². The van der Waals surface area contributed by atoms with E-state index < -0.39 is 10.0 Å². The Hall–Kier alpha value is -1.60. The number of anilines is 1. The van der Waals surface area contributed by atoms with Gasteiger partial charge in [0.1, 0.15) is 0 Å². The summed E-state index contributed by atoms with van der Waals surface area (Å²) >= 11 is 0. The summed E-state index contributed by atoms with van der Waals surface area (Å²) in [5, 5.41) is 2.99. The van der Waals surface area contributed by atoms with Gasteiger partial charge in [0.05, 0.1) is 11.9 Å². The van der Waals surface area contributed by atoms with Crippen LogP contribution >= 0.6 is 0 Å². The average molecular weight is 410 g/mol. The lowest BCUT2D eigenvalue weighted by molar-refractivity contribution is -0.121. The van der Waals surface area contributed by atoms with Gasteiger partial charge >= 0.3 is 0 Å². The Morgan fingerprint density at radius 1 is 1.21 bits per heavy atom. The standard InChI is InChI=1S/C21H35N3O3S/c1-17-7-8-20(16-18(17)2)24(28(4,26)27)13-5-6-21(25)22-12-9-19-10-14-23(3)15-11-19/h7-8,16,19H,5-6,9-15H2,1-4H3,(H,22,25). The summed E-state index contributed by atoms with van der Waals surface area (Å²) in [6, 6.07) is 5.64. The predicted molar refractivity (Wildman–Crippen MR) is 115 cm³/mol. The minimum Gasteiger partial charge on any atom is -0.356 e. The van der Waals surface area contributed by atoms with E-state index in [0.717, 1.165) is 30.6 Å². The third kappa shape index (κ3) is 7.09. The first-order valence-electron chi connectivity index (χ1n) is 10.2. The molecule has 1 saturated heterocycles. The van der Waals surface area contributed by atoms with Crippen molar-refractivity contribution in [3.05, 3.63) is 29.3 Å². The minimum atomic E-state index is -3.38. The van der Waals surface area contributed by atoms with Crippen molar-refractivity contribution in [3.63, 3.8) is 0 Å². The lowest BCUT2D eigenvalue weighted by atomic mass is 9.94. The molecule has 1 aromatic carbocycles. The van der Waals surface area contributed by atoms with Gasteiger partial charge in [-0.25, -0.2) is 8.42 Å². The maximum Gasteiger partial charge on any atom is 0.232 e. The van der Waals surface area contributed by atoms with E-state index in [4.69, 9.17) is 0 Å². The molecule has 28 heavy (non-hydrogen) atoms. The number of nitrogens with zero attached hydrogens (tertiary/aromatic N) is 2. The molecule has 2 rings (SSSR count). The fourth-order valence-corrected chi connectivity index (χ4v) is 4.56. The first-order valence-corrected chi connectivity index (χ1v) is 12.0. The van der Waals surface area contributed by atoms with E-state index in [0.29, 0.717) is 37.5 Å². The zero-order chi connectivity index (χ0) is 20.7. The summed E-state index contributed by atoms with van der Waals surface area (Å²) in [6.45, 7) is 7.26. The van der Waals surface area contributed by atoms with Crippen LogP contribution in [0.5, 0.6) is 0 Å². The van der Waals surface area contributed by atoms with E-state index in [9.17, 15) is 13.2 Å². The molecule has 0 radical (unpaired) electrons. The second-order valence-electron chi connectivity index (χ2n) is 8.09. The van der Waals surface area contributed by atoms with Crippen molar-refractivity contribution in [1.29, 1.82) is 0 Å². The van der Waals surface area contributed by atoms with Crippen LogP contribution in [0.25, 0.3) is 0 Å². The molecule has 0 aromatic heterocycles. The maximum atomic E-state index is 12.2. The van der Waals surface area contributed by atoms with Gasteiger partial charge in [0, 0.05) is 19.5 Å². The number of benzene rings is 1. The van der Waals surface area contributed by atoms with Gasteiger partial charge in [0.25, 0.3) is 0 Å². The Labute approximate surface area is 170 Å². The zero-order valence-corrected chi connectivity index (χ0v) is 18.5.